The van der Waals surface area contributed by atoms with Crippen LogP contribution in [0.3, 0.4) is 0 Å². The minimum atomic E-state index is -0.0455. The van der Waals surface area contributed by atoms with Crippen LogP contribution < -0.4 is 5.73 Å². The Bertz CT molecular complexity index is 436. The van der Waals surface area contributed by atoms with Gasteiger partial charge in [0.2, 0.25) is 0 Å². The van der Waals surface area contributed by atoms with E-state index in [1.54, 1.807) is 17.9 Å². The summed E-state index contributed by atoms with van der Waals surface area (Å²) in [7, 11) is 1.77. The summed E-state index contributed by atoms with van der Waals surface area (Å²) in [6.45, 7) is 5.96. The molecule has 1 aromatic rings. The second-order valence-electron chi connectivity index (χ2n) is 5.60. The predicted octanol–water partition coefficient (Wildman–Crippen LogP) is 1.26. The molecule has 2 rings (SSSR count). The van der Waals surface area contributed by atoms with Gasteiger partial charge in [-0.25, -0.2) is 0 Å². The molecule has 2 heterocycles. The van der Waals surface area contributed by atoms with Crippen molar-refractivity contribution >= 4 is 11.6 Å². The fourth-order valence-electron chi connectivity index (χ4n) is 2.42. The Labute approximate surface area is 102 Å². The average molecular weight is 236 g/mol. The molecule has 0 saturated carbocycles. The molecule has 2 N–H and O–H groups in total. The lowest BCUT2D eigenvalue weighted by Crippen LogP contribution is -2.43. The SMILES string of the molecule is Cn1cc(N)c(C(=O)N2CCCC(C)(C)C2)n1. The van der Waals surface area contributed by atoms with Gasteiger partial charge in [0.05, 0.1) is 5.69 Å². The van der Waals surface area contributed by atoms with Crippen LogP contribution in [-0.2, 0) is 7.05 Å². The largest absolute Gasteiger partial charge is 0.396 e. The number of rotatable bonds is 1. The second kappa shape index (κ2) is 4.05. The van der Waals surface area contributed by atoms with Gasteiger partial charge in [0.1, 0.15) is 0 Å². The first kappa shape index (κ1) is 12.0. The maximum absolute atomic E-state index is 12.3. The Morgan fingerprint density at radius 1 is 1.53 bits per heavy atom. The van der Waals surface area contributed by atoms with Crippen LogP contribution in [0.5, 0.6) is 0 Å². The number of hydrogen-bond donors (Lipinski definition) is 1. The standard InChI is InChI=1S/C12H20N4O/c1-12(2)5-4-6-16(8-12)11(17)10-9(13)7-15(3)14-10/h7H,4-6,8,13H2,1-3H3. The number of aryl methyl sites for hydroxylation is 1. The van der Waals surface area contributed by atoms with Crippen molar-refractivity contribution in [2.24, 2.45) is 12.5 Å². The highest BCUT2D eigenvalue weighted by Crippen LogP contribution is 2.29. The van der Waals surface area contributed by atoms with E-state index in [1.165, 1.54) is 0 Å². The summed E-state index contributed by atoms with van der Waals surface area (Å²) in [6, 6.07) is 0. The molecular formula is C12H20N4O. The molecular weight excluding hydrogens is 216 g/mol. The van der Waals surface area contributed by atoms with Crippen molar-refractivity contribution in [2.75, 3.05) is 18.8 Å². The molecule has 1 aliphatic rings. The van der Waals surface area contributed by atoms with Gasteiger partial charge in [0.15, 0.2) is 5.69 Å². The molecule has 0 unspecified atom stereocenters. The number of hydrogen-bond acceptors (Lipinski definition) is 3. The summed E-state index contributed by atoms with van der Waals surface area (Å²) in [6.07, 6.45) is 3.88. The number of nitrogens with two attached hydrogens (primary N) is 1. The highest BCUT2D eigenvalue weighted by atomic mass is 16.2. The molecule has 17 heavy (non-hydrogen) atoms. The fraction of sp³-hybridized carbons (Fsp3) is 0.667. The molecule has 0 atom stereocenters. The fourth-order valence-corrected chi connectivity index (χ4v) is 2.42. The van der Waals surface area contributed by atoms with Crippen LogP contribution in [0, 0.1) is 5.41 Å². The van der Waals surface area contributed by atoms with Crippen LogP contribution >= 0.6 is 0 Å². The van der Waals surface area contributed by atoms with Gasteiger partial charge in [0.25, 0.3) is 5.91 Å². The summed E-state index contributed by atoms with van der Waals surface area (Å²) < 4.78 is 1.58. The normalized spacial score (nSPS) is 19.4. The van der Waals surface area contributed by atoms with Crippen LogP contribution in [0.2, 0.25) is 0 Å². The average Bonchev–Trinajstić information content (AvgIpc) is 2.55. The van der Waals surface area contributed by atoms with E-state index in [0.717, 1.165) is 25.9 Å². The van der Waals surface area contributed by atoms with E-state index in [0.29, 0.717) is 11.4 Å². The first-order valence-corrected chi connectivity index (χ1v) is 5.97. The molecule has 1 aliphatic heterocycles. The van der Waals surface area contributed by atoms with Crippen molar-refractivity contribution in [3.05, 3.63) is 11.9 Å². The molecule has 94 valence electrons. The molecule has 1 aromatic heterocycles. The first-order valence-electron chi connectivity index (χ1n) is 5.97. The molecule has 5 nitrogen and oxygen atoms in total. The second-order valence-corrected chi connectivity index (χ2v) is 5.60. The molecule has 0 radical (unpaired) electrons. The number of nitrogen functional groups attached to an aromatic ring is 1. The number of aromatic nitrogens is 2. The quantitative estimate of drug-likeness (QED) is 0.798. The monoisotopic (exact) mass is 236 g/mol. The Balaban J connectivity index is 2.18. The third-order valence-corrected chi connectivity index (χ3v) is 3.25. The number of carbonyl (C=O) groups is 1. The van der Waals surface area contributed by atoms with Crippen LogP contribution in [0.15, 0.2) is 6.20 Å². The summed E-state index contributed by atoms with van der Waals surface area (Å²) in [4.78, 5) is 14.2. The van der Waals surface area contributed by atoms with Gasteiger partial charge in [-0.3, -0.25) is 9.48 Å². The van der Waals surface area contributed by atoms with Crippen LogP contribution in [0.4, 0.5) is 5.69 Å². The van der Waals surface area contributed by atoms with E-state index in [9.17, 15) is 4.79 Å². The predicted molar refractivity (Wildman–Crippen MR) is 66.5 cm³/mol. The number of likely N-dealkylation sites (tertiary alicyclic amines) is 1. The minimum Gasteiger partial charge on any atom is -0.396 e. The third-order valence-electron chi connectivity index (χ3n) is 3.25. The molecule has 0 aliphatic carbocycles. The molecule has 1 fully saturated rings. The van der Waals surface area contributed by atoms with E-state index in [2.05, 4.69) is 18.9 Å². The summed E-state index contributed by atoms with van der Waals surface area (Å²) in [5.41, 5.74) is 6.82. The first-order chi connectivity index (χ1) is 7.89. The summed E-state index contributed by atoms with van der Waals surface area (Å²) in [5, 5.41) is 4.13. The van der Waals surface area contributed by atoms with E-state index in [1.807, 2.05) is 4.90 Å². The number of carbonyl (C=O) groups excluding carboxylic acids is 1. The Morgan fingerprint density at radius 2 is 2.24 bits per heavy atom. The highest BCUT2D eigenvalue weighted by molar-refractivity contribution is 5.97. The molecule has 0 bridgehead atoms. The lowest BCUT2D eigenvalue weighted by Gasteiger charge is -2.37. The number of anilines is 1. The molecule has 1 amide bonds. The van der Waals surface area contributed by atoms with Gasteiger partial charge in [-0.15, -0.1) is 0 Å². The van der Waals surface area contributed by atoms with Gasteiger partial charge in [-0.1, -0.05) is 13.8 Å². The third kappa shape index (κ3) is 2.43. The van der Waals surface area contributed by atoms with Gasteiger partial charge in [-0.2, -0.15) is 5.10 Å². The van der Waals surface area contributed by atoms with Crippen LogP contribution in [0.1, 0.15) is 37.2 Å². The van der Waals surface area contributed by atoms with Crippen molar-refractivity contribution in [3.8, 4) is 0 Å². The number of nitrogens with zero attached hydrogens (tertiary/aromatic N) is 3. The summed E-state index contributed by atoms with van der Waals surface area (Å²) >= 11 is 0. The Hall–Kier alpha value is -1.52. The van der Waals surface area contributed by atoms with Gasteiger partial charge in [0, 0.05) is 26.3 Å². The zero-order valence-corrected chi connectivity index (χ0v) is 10.7. The van der Waals surface area contributed by atoms with Crippen molar-refractivity contribution in [3.63, 3.8) is 0 Å². The van der Waals surface area contributed by atoms with Gasteiger partial charge < -0.3 is 10.6 Å². The lowest BCUT2D eigenvalue weighted by atomic mass is 9.84. The number of piperidine rings is 1. The van der Waals surface area contributed by atoms with Crippen LogP contribution in [0.25, 0.3) is 0 Å². The zero-order valence-electron chi connectivity index (χ0n) is 10.7. The van der Waals surface area contributed by atoms with E-state index >= 15 is 0 Å². The maximum atomic E-state index is 12.3. The van der Waals surface area contributed by atoms with E-state index < -0.39 is 0 Å². The van der Waals surface area contributed by atoms with Crippen LogP contribution in [-0.4, -0.2) is 33.7 Å². The van der Waals surface area contributed by atoms with E-state index in [4.69, 9.17) is 5.73 Å². The van der Waals surface area contributed by atoms with E-state index in [-0.39, 0.29) is 11.3 Å². The summed E-state index contributed by atoms with van der Waals surface area (Å²) in [5.74, 6) is -0.0455. The van der Waals surface area contributed by atoms with Gasteiger partial charge >= 0.3 is 0 Å². The Kier molecular flexibility index (Phi) is 2.85. The number of amides is 1. The smallest absolute Gasteiger partial charge is 0.276 e. The Morgan fingerprint density at radius 3 is 2.76 bits per heavy atom. The zero-order chi connectivity index (χ0) is 12.6. The van der Waals surface area contributed by atoms with Crippen molar-refractivity contribution in [1.82, 2.24) is 14.7 Å². The molecule has 5 heteroatoms. The molecule has 0 aromatic carbocycles. The van der Waals surface area contributed by atoms with Crippen molar-refractivity contribution in [1.29, 1.82) is 0 Å². The molecule has 1 saturated heterocycles. The highest BCUT2D eigenvalue weighted by Gasteiger charge is 2.31. The van der Waals surface area contributed by atoms with Gasteiger partial charge in [-0.05, 0) is 18.3 Å². The van der Waals surface area contributed by atoms with Crippen molar-refractivity contribution in [2.45, 2.75) is 26.7 Å². The lowest BCUT2D eigenvalue weighted by molar-refractivity contribution is 0.0578. The minimum absolute atomic E-state index is 0.0455. The van der Waals surface area contributed by atoms with Crippen molar-refractivity contribution < 1.29 is 4.79 Å². The molecule has 0 spiro atoms. The topological polar surface area (TPSA) is 64.2 Å². The maximum Gasteiger partial charge on any atom is 0.276 e.